The Morgan fingerprint density at radius 1 is 1.15 bits per heavy atom. The molecule has 1 fully saturated rings. The largest absolute Gasteiger partial charge is 0.337 e. The van der Waals surface area contributed by atoms with E-state index in [1.54, 1.807) is 6.20 Å². The summed E-state index contributed by atoms with van der Waals surface area (Å²) in [5.74, 6) is 2.26. The van der Waals surface area contributed by atoms with Gasteiger partial charge in [0.05, 0.1) is 6.54 Å². The first-order chi connectivity index (χ1) is 13.3. The number of nitrogens with zero attached hydrogens (tertiary/aromatic N) is 5. The first-order valence-electron chi connectivity index (χ1n) is 9.57. The fourth-order valence-corrected chi connectivity index (χ4v) is 4.23. The summed E-state index contributed by atoms with van der Waals surface area (Å²) in [7, 11) is 0. The number of aromatic nitrogens is 4. The maximum Gasteiger partial charge on any atom is 0.273 e. The Hall–Kier alpha value is -2.80. The van der Waals surface area contributed by atoms with Gasteiger partial charge in [-0.2, -0.15) is 0 Å². The normalized spacial score (nSPS) is 19.9. The molecule has 4 heterocycles. The fourth-order valence-electron chi connectivity index (χ4n) is 4.23. The van der Waals surface area contributed by atoms with Crippen molar-refractivity contribution in [1.29, 1.82) is 0 Å². The standard InChI is InChI=1S/C20H22N6O/c27-20(18-16-6-2-1-4-14(16)7-8-22-18)25-10-3-5-15(13-25)19-24-23-17-12-21-9-11-26(17)19/h1-2,4,6-8,15,21H,3,5,9-13H2. The lowest BCUT2D eigenvalue weighted by Crippen LogP contribution is -2.40. The van der Waals surface area contributed by atoms with Crippen LogP contribution in [0, 0.1) is 0 Å². The van der Waals surface area contributed by atoms with E-state index in [2.05, 4.69) is 25.1 Å². The molecule has 0 saturated carbocycles. The Balaban J connectivity index is 1.42. The molecule has 27 heavy (non-hydrogen) atoms. The van der Waals surface area contributed by atoms with Gasteiger partial charge in [-0.1, -0.05) is 24.3 Å². The molecule has 2 aliphatic rings. The molecule has 7 heteroatoms. The number of nitrogens with one attached hydrogen (secondary N) is 1. The minimum absolute atomic E-state index is 0.0107. The van der Waals surface area contributed by atoms with Crippen LogP contribution in [0.25, 0.3) is 10.8 Å². The molecular formula is C20H22N6O. The smallest absolute Gasteiger partial charge is 0.273 e. The second kappa shape index (κ2) is 6.74. The van der Waals surface area contributed by atoms with Gasteiger partial charge in [-0.15, -0.1) is 10.2 Å². The Morgan fingerprint density at radius 2 is 2.07 bits per heavy atom. The van der Waals surface area contributed by atoms with Crippen molar-refractivity contribution >= 4 is 16.7 Å². The van der Waals surface area contributed by atoms with E-state index in [4.69, 9.17) is 0 Å². The summed E-state index contributed by atoms with van der Waals surface area (Å²) in [6.45, 7) is 4.04. The van der Waals surface area contributed by atoms with E-state index in [1.807, 2.05) is 35.2 Å². The number of fused-ring (bicyclic) bond motifs is 2. The number of carbonyl (C=O) groups excluding carboxylic acids is 1. The summed E-state index contributed by atoms with van der Waals surface area (Å²) in [6, 6.07) is 9.87. The van der Waals surface area contributed by atoms with Gasteiger partial charge in [0.25, 0.3) is 5.91 Å². The molecule has 1 N–H and O–H groups in total. The predicted octanol–water partition coefficient (Wildman–Crippen LogP) is 1.95. The first kappa shape index (κ1) is 16.4. The van der Waals surface area contributed by atoms with Crippen LogP contribution in [0.15, 0.2) is 36.5 Å². The molecule has 0 bridgehead atoms. The highest BCUT2D eigenvalue weighted by atomic mass is 16.2. The van der Waals surface area contributed by atoms with Gasteiger partial charge in [0.1, 0.15) is 17.3 Å². The molecular weight excluding hydrogens is 340 g/mol. The van der Waals surface area contributed by atoms with Crippen molar-refractivity contribution in [2.75, 3.05) is 19.6 Å². The lowest BCUT2D eigenvalue weighted by atomic mass is 9.96. The second-order valence-electron chi connectivity index (χ2n) is 7.27. The molecule has 0 spiro atoms. The van der Waals surface area contributed by atoms with Crippen molar-refractivity contribution in [3.05, 3.63) is 53.9 Å². The third-order valence-electron chi connectivity index (χ3n) is 5.60. The molecule has 7 nitrogen and oxygen atoms in total. The van der Waals surface area contributed by atoms with Gasteiger partial charge in [-0.25, -0.2) is 0 Å². The average molecular weight is 362 g/mol. The number of carbonyl (C=O) groups is 1. The first-order valence-corrected chi connectivity index (χ1v) is 9.57. The van der Waals surface area contributed by atoms with Crippen LogP contribution in [-0.4, -0.2) is 50.2 Å². The van der Waals surface area contributed by atoms with Crippen molar-refractivity contribution < 1.29 is 4.79 Å². The van der Waals surface area contributed by atoms with Gasteiger partial charge in [0.15, 0.2) is 0 Å². The van der Waals surface area contributed by atoms with E-state index in [9.17, 15) is 4.79 Å². The molecule has 1 amide bonds. The zero-order valence-electron chi connectivity index (χ0n) is 15.1. The van der Waals surface area contributed by atoms with E-state index in [0.29, 0.717) is 12.2 Å². The molecule has 1 saturated heterocycles. The van der Waals surface area contributed by atoms with Gasteiger partial charge < -0.3 is 14.8 Å². The highest BCUT2D eigenvalue weighted by Crippen LogP contribution is 2.28. The Kier molecular flexibility index (Phi) is 4.09. The van der Waals surface area contributed by atoms with Gasteiger partial charge in [-0.3, -0.25) is 9.78 Å². The SMILES string of the molecule is O=C(c1nccc2ccccc12)N1CCCC(c2nnc3n2CCNC3)C1. The topological polar surface area (TPSA) is 75.9 Å². The summed E-state index contributed by atoms with van der Waals surface area (Å²) in [5.41, 5.74) is 0.543. The van der Waals surface area contributed by atoms with Crippen LogP contribution >= 0.6 is 0 Å². The molecule has 0 aliphatic carbocycles. The van der Waals surface area contributed by atoms with Gasteiger partial charge >= 0.3 is 0 Å². The summed E-state index contributed by atoms with van der Waals surface area (Å²) >= 11 is 0. The molecule has 5 rings (SSSR count). The molecule has 1 unspecified atom stereocenters. The average Bonchev–Trinajstić information content (AvgIpc) is 3.17. The predicted molar refractivity (Wildman–Crippen MR) is 101 cm³/mol. The molecule has 2 aromatic heterocycles. The number of rotatable bonds is 2. The van der Waals surface area contributed by atoms with Crippen LogP contribution in [-0.2, 0) is 13.1 Å². The Bertz CT molecular complexity index is 992. The minimum Gasteiger partial charge on any atom is -0.337 e. The molecule has 3 aromatic rings. The van der Waals surface area contributed by atoms with Crippen LogP contribution in [0.5, 0.6) is 0 Å². The minimum atomic E-state index is 0.0107. The molecule has 0 radical (unpaired) electrons. The maximum absolute atomic E-state index is 13.2. The Morgan fingerprint density at radius 3 is 3.04 bits per heavy atom. The third-order valence-corrected chi connectivity index (χ3v) is 5.60. The third kappa shape index (κ3) is 2.88. The lowest BCUT2D eigenvalue weighted by molar-refractivity contribution is 0.0699. The molecule has 138 valence electrons. The quantitative estimate of drug-likeness (QED) is 0.754. The number of pyridine rings is 1. The lowest BCUT2D eigenvalue weighted by Gasteiger charge is -2.32. The maximum atomic E-state index is 13.2. The number of amides is 1. The van der Waals surface area contributed by atoms with Gasteiger partial charge in [0, 0.05) is 43.7 Å². The number of likely N-dealkylation sites (tertiary alicyclic amines) is 1. The van der Waals surface area contributed by atoms with E-state index < -0.39 is 0 Å². The van der Waals surface area contributed by atoms with Crippen LogP contribution in [0.2, 0.25) is 0 Å². The van der Waals surface area contributed by atoms with Crippen LogP contribution < -0.4 is 5.32 Å². The number of benzene rings is 1. The van der Waals surface area contributed by atoms with Crippen molar-refractivity contribution in [2.24, 2.45) is 0 Å². The van der Waals surface area contributed by atoms with Gasteiger partial charge in [-0.05, 0) is 24.3 Å². The van der Waals surface area contributed by atoms with Crippen molar-refractivity contribution in [2.45, 2.75) is 31.8 Å². The summed E-state index contributed by atoms with van der Waals surface area (Å²) < 4.78 is 2.23. The van der Waals surface area contributed by atoms with E-state index >= 15 is 0 Å². The second-order valence-corrected chi connectivity index (χ2v) is 7.27. The zero-order valence-corrected chi connectivity index (χ0v) is 15.1. The number of piperidine rings is 1. The molecule has 1 atom stereocenters. The summed E-state index contributed by atoms with van der Waals surface area (Å²) in [5, 5.41) is 14.1. The summed E-state index contributed by atoms with van der Waals surface area (Å²) in [4.78, 5) is 19.6. The van der Waals surface area contributed by atoms with Crippen LogP contribution in [0.1, 0.15) is 40.9 Å². The van der Waals surface area contributed by atoms with Gasteiger partial charge in [0.2, 0.25) is 0 Å². The number of hydrogen-bond donors (Lipinski definition) is 1. The summed E-state index contributed by atoms with van der Waals surface area (Å²) in [6.07, 6.45) is 3.73. The van der Waals surface area contributed by atoms with E-state index in [-0.39, 0.29) is 11.8 Å². The van der Waals surface area contributed by atoms with Crippen molar-refractivity contribution in [3.8, 4) is 0 Å². The molecule has 1 aromatic carbocycles. The van der Waals surface area contributed by atoms with E-state index in [0.717, 1.165) is 61.4 Å². The van der Waals surface area contributed by atoms with E-state index in [1.165, 1.54) is 0 Å². The highest BCUT2D eigenvalue weighted by molar-refractivity contribution is 6.05. The Labute approximate surface area is 157 Å². The van der Waals surface area contributed by atoms with Crippen molar-refractivity contribution in [1.82, 2.24) is 30.0 Å². The fraction of sp³-hybridized carbons (Fsp3) is 0.400. The zero-order chi connectivity index (χ0) is 18.2. The number of hydrogen-bond acceptors (Lipinski definition) is 5. The molecule has 2 aliphatic heterocycles. The monoisotopic (exact) mass is 362 g/mol. The highest BCUT2D eigenvalue weighted by Gasteiger charge is 2.31. The van der Waals surface area contributed by atoms with Crippen LogP contribution in [0.4, 0.5) is 0 Å². The van der Waals surface area contributed by atoms with Crippen LogP contribution in [0.3, 0.4) is 0 Å². The van der Waals surface area contributed by atoms with Crippen molar-refractivity contribution in [3.63, 3.8) is 0 Å².